The zero-order chi connectivity index (χ0) is 12.8. The maximum Gasteiger partial charge on any atom is 0.275 e. The normalized spacial score (nSPS) is 10.0. The lowest BCUT2D eigenvalue weighted by Crippen LogP contribution is -2.31. The van der Waals surface area contributed by atoms with Crippen molar-refractivity contribution >= 4 is 23.2 Å². The van der Waals surface area contributed by atoms with Gasteiger partial charge in [0.15, 0.2) is 0 Å². The predicted octanol–water partition coefficient (Wildman–Crippen LogP) is 1.08. The molecule has 1 aromatic rings. The molecule has 0 spiro atoms. The third kappa shape index (κ3) is 3.69. The Labute approximate surface area is 103 Å². The quantitative estimate of drug-likeness (QED) is 0.611. The van der Waals surface area contributed by atoms with Gasteiger partial charge < -0.3 is 10.6 Å². The van der Waals surface area contributed by atoms with Gasteiger partial charge in [0.25, 0.3) is 5.69 Å². The van der Waals surface area contributed by atoms with Crippen LogP contribution in [0.1, 0.15) is 5.56 Å². The molecule has 17 heavy (non-hydrogen) atoms. The highest BCUT2D eigenvalue weighted by Gasteiger charge is 2.16. The minimum Gasteiger partial charge on any atom is -0.358 e. The van der Waals surface area contributed by atoms with Crippen LogP contribution < -0.4 is 10.6 Å². The smallest absolute Gasteiger partial charge is 0.275 e. The predicted molar refractivity (Wildman–Crippen MR) is 63.9 cm³/mol. The van der Waals surface area contributed by atoms with Gasteiger partial charge in [0, 0.05) is 19.7 Å². The van der Waals surface area contributed by atoms with Crippen molar-refractivity contribution in [3.63, 3.8) is 0 Å². The largest absolute Gasteiger partial charge is 0.358 e. The number of amides is 1. The van der Waals surface area contributed by atoms with Gasteiger partial charge in [0.2, 0.25) is 5.91 Å². The van der Waals surface area contributed by atoms with Crippen LogP contribution in [-0.4, -0.2) is 24.4 Å². The van der Waals surface area contributed by atoms with Gasteiger partial charge in [0.1, 0.15) is 0 Å². The van der Waals surface area contributed by atoms with E-state index in [9.17, 15) is 14.9 Å². The Bertz CT molecular complexity index is 437. The molecule has 0 aliphatic carbocycles. The second-order valence-corrected chi connectivity index (χ2v) is 3.68. The highest BCUT2D eigenvalue weighted by atomic mass is 35.5. The number of benzene rings is 1. The minimum atomic E-state index is -0.497. The molecule has 0 radical (unpaired) electrons. The molecule has 0 aliphatic heterocycles. The summed E-state index contributed by atoms with van der Waals surface area (Å²) in [5.41, 5.74) is 0.324. The van der Waals surface area contributed by atoms with E-state index in [-0.39, 0.29) is 24.7 Å². The molecule has 0 unspecified atom stereocenters. The van der Waals surface area contributed by atoms with Crippen LogP contribution in [0.2, 0.25) is 5.02 Å². The first-order valence-corrected chi connectivity index (χ1v) is 5.27. The molecule has 0 saturated carbocycles. The number of nitro benzene ring substituents is 1. The SMILES string of the molecule is CNC(=O)CNCc1c(Cl)cccc1[N+](=O)[O-]. The fourth-order valence-corrected chi connectivity index (χ4v) is 1.52. The third-order valence-electron chi connectivity index (χ3n) is 2.16. The van der Waals surface area contributed by atoms with E-state index >= 15 is 0 Å². The first-order chi connectivity index (χ1) is 8.06. The number of hydrogen-bond acceptors (Lipinski definition) is 4. The molecule has 0 aromatic heterocycles. The summed E-state index contributed by atoms with van der Waals surface area (Å²) in [5, 5.41) is 16.3. The monoisotopic (exact) mass is 257 g/mol. The lowest BCUT2D eigenvalue weighted by atomic mass is 10.2. The molecule has 0 fully saturated rings. The average molecular weight is 258 g/mol. The summed E-state index contributed by atoms with van der Waals surface area (Å²) >= 11 is 5.88. The van der Waals surface area contributed by atoms with E-state index in [2.05, 4.69) is 10.6 Å². The molecule has 6 nitrogen and oxygen atoms in total. The van der Waals surface area contributed by atoms with Crippen LogP contribution >= 0.6 is 11.6 Å². The zero-order valence-corrected chi connectivity index (χ0v) is 9.95. The lowest BCUT2D eigenvalue weighted by Gasteiger charge is -2.06. The van der Waals surface area contributed by atoms with Gasteiger partial charge in [-0.2, -0.15) is 0 Å². The average Bonchev–Trinajstić information content (AvgIpc) is 2.30. The first-order valence-electron chi connectivity index (χ1n) is 4.89. The van der Waals surface area contributed by atoms with Gasteiger partial charge in [-0.15, -0.1) is 0 Å². The summed E-state index contributed by atoms with van der Waals surface area (Å²) in [6, 6.07) is 4.47. The highest BCUT2D eigenvalue weighted by Crippen LogP contribution is 2.25. The summed E-state index contributed by atoms with van der Waals surface area (Å²) in [6.07, 6.45) is 0. The number of carbonyl (C=O) groups excluding carboxylic acids is 1. The molecule has 2 N–H and O–H groups in total. The molecule has 0 heterocycles. The van der Waals surface area contributed by atoms with Gasteiger partial charge in [0.05, 0.1) is 22.1 Å². The van der Waals surface area contributed by atoms with Crippen LogP contribution in [0.3, 0.4) is 0 Å². The fraction of sp³-hybridized carbons (Fsp3) is 0.300. The van der Waals surface area contributed by atoms with Crippen LogP contribution in [0, 0.1) is 10.1 Å². The van der Waals surface area contributed by atoms with Crippen molar-refractivity contribution in [2.45, 2.75) is 6.54 Å². The van der Waals surface area contributed by atoms with Crippen LogP contribution in [0.15, 0.2) is 18.2 Å². The van der Waals surface area contributed by atoms with E-state index in [4.69, 9.17) is 11.6 Å². The number of carbonyl (C=O) groups is 1. The van der Waals surface area contributed by atoms with E-state index in [1.54, 1.807) is 6.07 Å². The van der Waals surface area contributed by atoms with Crippen molar-refractivity contribution in [2.24, 2.45) is 0 Å². The first kappa shape index (κ1) is 13.4. The molecular weight excluding hydrogens is 246 g/mol. The van der Waals surface area contributed by atoms with E-state index in [0.29, 0.717) is 10.6 Å². The summed E-state index contributed by atoms with van der Waals surface area (Å²) in [4.78, 5) is 21.2. The molecule has 0 atom stereocenters. The fourth-order valence-electron chi connectivity index (χ4n) is 1.28. The van der Waals surface area contributed by atoms with E-state index in [0.717, 1.165) is 0 Å². The number of rotatable bonds is 5. The second kappa shape index (κ2) is 6.17. The van der Waals surface area contributed by atoms with Crippen molar-refractivity contribution in [3.05, 3.63) is 38.9 Å². The number of hydrogen-bond donors (Lipinski definition) is 2. The highest BCUT2D eigenvalue weighted by molar-refractivity contribution is 6.31. The van der Waals surface area contributed by atoms with Crippen LogP contribution in [0.25, 0.3) is 0 Å². The standard InChI is InChI=1S/C10H12ClN3O3/c1-12-10(15)6-13-5-7-8(11)3-2-4-9(7)14(16)17/h2-4,13H,5-6H2,1H3,(H,12,15). The number of nitro groups is 1. The van der Waals surface area contributed by atoms with Crippen LogP contribution in [0.5, 0.6) is 0 Å². The van der Waals surface area contributed by atoms with E-state index in [1.165, 1.54) is 19.2 Å². The summed E-state index contributed by atoms with van der Waals surface area (Å²) < 4.78 is 0. The van der Waals surface area contributed by atoms with Crippen LogP contribution in [-0.2, 0) is 11.3 Å². The third-order valence-corrected chi connectivity index (χ3v) is 2.51. The Morgan fingerprint density at radius 2 is 2.24 bits per heavy atom. The minimum absolute atomic E-state index is 0.0538. The summed E-state index contributed by atoms with van der Waals surface area (Å²) in [5.74, 6) is -0.195. The number of nitrogens with one attached hydrogen (secondary N) is 2. The Balaban J connectivity index is 2.76. The number of halogens is 1. The number of nitrogens with zero attached hydrogens (tertiary/aromatic N) is 1. The Morgan fingerprint density at radius 1 is 1.53 bits per heavy atom. The maximum absolute atomic E-state index is 11.0. The Morgan fingerprint density at radius 3 is 2.82 bits per heavy atom. The molecule has 1 amide bonds. The summed E-state index contributed by atoms with van der Waals surface area (Å²) in [6.45, 7) is 0.252. The maximum atomic E-state index is 11.0. The molecule has 0 bridgehead atoms. The van der Waals surface area contributed by atoms with E-state index < -0.39 is 4.92 Å². The Kier molecular flexibility index (Phi) is 4.86. The molecular formula is C10H12ClN3O3. The molecule has 1 aromatic carbocycles. The molecule has 92 valence electrons. The van der Waals surface area contributed by atoms with Crippen molar-refractivity contribution in [2.75, 3.05) is 13.6 Å². The van der Waals surface area contributed by atoms with Gasteiger partial charge >= 0.3 is 0 Å². The van der Waals surface area contributed by atoms with Crippen molar-refractivity contribution in [3.8, 4) is 0 Å². The number of likely N-dealkylation sites (N-methyl/N-ethyl adjacent to an activating group) is 1. The van der Waals surface area contributed by atoms with E-state index in [1.807, 2.05) is 0 Å². The summed E-state index contributed by atoms with van der Waals surface area (Å²) in [7, 11) is 1.52. The van der Waals surface area contributed by atoms with Gasteiger partial charge in [-0.25, -0.2) is 0 Å². The van der Waals surface area contributed by atoms with Gasteiger partial charge in [-0.3, -0.25) is 14.9 Å². The zero-order valence-electron chi connectivity index (χ0n) is 9.20. The van der Waals surface area contributed by atoms with Gasteiger partial charge in [-0.05, 0) is 6.07 Å². The van der Waals surface area contributed by atoms with Crippen molar-refractivity contribution < 1.29 is 9.72 Å². The molecule has 0 saturated heterocycles. The topological polar surface area (TPSA) is 84.3 Å². The van der Waals surface area contributed by atoms with Crippen LogP contribution in [0.4, 0.5) is 5.69 Å². The molecule has 7 heteroatoms. The lowest BCUT2D eigenvalue weighted by molar-refractivity contribution is -0.385. The second-order valence-electron chi connectivity index (χ2n) is 3.27. The van der Waals surface area contributed by atoms with Crippen molar-refractivity contribution in [1.29, 1.82) is 0 Å². The van der Waals surface area contributed by atoms with Gasteiger partial charge in [-0.1, -0.05) is 17.7 Å². The van der Waals surface area contributed by atoms with Crippen molar-refractivity contribution in [1.82, 2.24) is 10.6 Å². The Hall–Kier alpha value is -1.66. The molecule has 0 aliphatic rings. The molecule has 1 rings (SSSR count).